The maximum Gasteiger partial charge on any atom is 0.324 e. The van der Waals surface area contributed by atoms with Crippen LogP contribution in [0.15, 0.2) is 18.2 Å². The topological polar surface area (TPSA) is 93.6 Å². The summed E-state index contributed by atoms with van der Waals surface area (Å²) in [5, 5.41) is 8.93. The molecule has 0 aliphatic rings. The number of rotatable bonds is 5. The Kier molecular flexibility index (Phi) is 3.95. The molecule has 0 aromatic carbocycles. The van der Waals surface area contributed by atoms with Crippen LogP contribution in [-0.2, 0) is 20.4 Å². The first kappa shape index (κ1) is 14.4. The predicted molar refractivity (Wildman–Crippen MR) is 65.1 cm³/mol. The molecule has 0 atom stereocenters. The Hall–Kier alpha value is -1.63. The van der Waals surface area contributed by atoms with E-state index < -0.39 is 26.3 Å². The van der Waals surface area contributed by atoms with Crippen molar-refractivity contribution >= 4 is 15.8 Å². The Labute approximate surface area is 106 Å². The molecule has 7 heteroatoms. The van der Waals surface area contributed by atoms with Gasteiger partial charge in [0.15, 0.2) is 14.6 Å². The van der Waals surface area contributed by atoms with Gasteiger partial charge in [0.1, 0.15) is 0 Å². The van der Waals surface area contributed by atoms with Crippen molar-refractivity contribution in [2.45, 2.75) is 24.3 Å². The van der Waals surface area contributed by atoms with Gasteiger partial charge in [-0.25, -0.2) is 13.4 Å². The minimum absolute atomic E-state index is 0.253. The molecule has 100 valence electrons. The number of carboxylic acids is 1. The van der Waals surface area contributed by atoms with Gasteiger partial charge < -0.3 is 9.84 Å². The van der Waals surface area contributed by atoms with Crippen LogP contribution >= 0.6 is 0 Å². The first-order valence-corrected chi connectivity index (χ1v) is 6.81. The van der Waals surface area contributed by atoms with E-state index in [-0.39, 0.29) is 11.6 Å². The number of methoxy groups -OCH3 is 1. The molecular formula is C11H15NO5S. The lowest BCUT2D eigenvalue weighted by Gasteiger charge is -2.19. The highest BCUT2D eigenvalue weighted by molar-refractivity contribution is 7.92. The molecule has 1 heterocycles. The van der Waals surface area contributed by atoms with Gasteiger partial charge in [0, 0.05) is 6.07 Å². The van der Waals surface area contributed by atoms with Gasteiger partial charge in [0.05, 0.1) is 18.6 Å². The number of aromatic nitrogens is 1. The van der Waals surface area contributed by atoms with Crippen molar-refractivity contribution in [2.24, 2.45) is 0 Å². The van der Waals surface area contributed by atoms with Gasteiger partial charge in [-0.15, -0.1) is 0 Å². The summed E-state index contributed by atoms with van der Waals surface area (Å²) in [5.74, 6) is -1.54. The van der Waals surface area contributed by atoms with Crippen molar-refractivity contribution < 1.29 is 23.1 Å². The SMILES string of the molecule is COc1cccc(CS(=O)(=O)C(C)(C)C(=O)O)n1. The third kappa shape index (κ3) is 2.79. The van der Waals surface area contributed by atoms with Crippen molar-refractivity contribution in [3.05, 3.63) is 23.9 Å². The molecule has 0 saturated heterocycles. The Bertz CT molecular complexity index is 550. The molecule has 0 bridgehead atoms. The molecule has 0 amide bonds. The third-order valence-electron chi connectivity index (χ3n) is 2.62. The second-order valence-electron chi connectivity index (χ2n) is 4.25. The first-order valence-electron chi connectivity index (χ1n) is 5.16. The molecule has 0 saturated carbocycles. The number of nitrogens with zero attached hydrogens (tertiary/aromatic N) is 1. The summed E-state index contributed by atoms with van der Waals surface area (Å²) in [6, 6.07) is 4.70. The molecule has 0 spiro atoms. The average Bonchev–Trinajstić information content (AvgIpc) is 2.28. The molecule has 0 fully saturated rings. The van der Waals surface area contributed by atoms with Crippen molar-refractivity contribution in [3.8, 4) is 5.88 Å². The fourth-order valence-corrected chi connectivity index (χ4v) is 2.34. The molecule has 1 aromatic rings. The molecule has 18 heavy (non-hydrogen) atoms. The highest BCUT2D eigenvalue weighted by atomic mass is 32.2. The number of hydrogen-bond donors (Lipinski definition) is 1. The second kappa shape index (κ2) is 4.93. The van der Waals surface area contributed by atoms with Gasteiger partial charge in [-0.2, -0.15) is 0 Å². The monoisotopic (exact) mass is 273 g/mol. The minimum Gasteiger partial charge on any atom is -0.481 e. The normalized spacial score (nSPS) is 12.2. The maximum atomic E-state index is 12.0. The third-order valence-corrected chi connectivity index (χ3v) is 5.03. The van der Waals surface area contributed by atoms with Crippen LogP contribution in [0.3, 0.4) is 0 Å². The lowest BCUT2D eigenvalue weighted by Crippen LogP contribution is -2.41. The van der Waals surface area contributed by atoms with E-state index in [1.54, 1.807) is 12.1 Å². The Morgan fingerprint density at radius 1 is 1.44 bits per heavy atom. The lowest BCUT2D eigenvalue weighted by molar-refractivity contribution is -0.139. The summed E-state index contributed by atoms with van der Waals surface area (Å²) in [4.78, 5) is 14.9. The maximum absolute atomic E-state index is 12.0. The van der Waals surface area contributed by atoms with E-state index in [1.807, 2.05) is 0 Å². The largest absolute Gasteiger partial charge is 0.481 e. The molecule has 0 unspecified atom stereocenters. The molecular weight excluding hydrogens is 258 g/mol. The smallest absolute Gasteiger partial charge is 0.324 e. The summed E-state index contributed by atoms with van der Waals surface area (Å²) in [6.07, 6.45) is 0. The van der Waals surface area contributed by atoms with E-state index >= 15 is 0 Å². The summed E-state index contributed by atoms with van der Waals surface area (Å²) >= 11 is 0. The fourth-order valence-electron chi connectivity index (χ4n) is 1.16. The van der Waals surface area contributed by atoms with Crippen molar-refractivity contribution in [1.82, 2.24) is 4.98 Å². The van der Waals surface area contributed by atoms with Crippen molar-refractivity contribution in [3.63, 3.8) is 0 Å². The molecule has 1 aromatic heterocycles. The quantitative estimate of drug-likeness (QED) is 0.855. The minimum atomic E-state index is -3.85. The number of hydrogen-bond acceptors (Lipinski definition) is 5. The van der Waals surface area contributed by atoms with Gasteiger partial charge in [-0.1, -0.05) is 6.07 Å². The molecule has 6 nitrogen and oxygen atoms in total. The number of sulfone groups is 1. The Morgan fingerprint density at radius 3 is 2.56 bits per heavy atom. The van der Waals surface area contributed by atoms with Crippen molar-refractivity contribution in [1.29, 1.82) is 0 Å². The molecule has 0 aliphatic heterocycles. The standard InChI is InChI=1S/C11H15NO5S/c1-11(2,10(13)14)18(15,16)7-8-5-4-6-9(12-8)17-3/h4-6H,7H2,1-3H3,(H,13,14). The Balaban J connectivity index is 3.06. The molecule has 1 rings (SSSR count). The van der Waals surface area contributed by atoms with Gasteiger partial charge in [0.25, 0.3) is 0 Å². The van der Waals surface area contributed by atoms with E-state index in [9.17, 15) is 13.2 Å². The van der Waals surface area contributed by atoms with Crippen LogP contribution in [-0.4, -0.2) is 36.3 Å². The van der Waals surface area contributed by atoms with Gasteiger partial charge in [-0.05, 0) is 19.9 Å². The first-order chi connectivity index (χ1) is 8.20. The summed E-state index contributed by atoms with van der Waals surface area (Å²) in [6.45, 7) is 2.32. The zero-order chi connectivity index (χ0) is 14.0. The highest BCUT2D eigenvalue weighted by Gasteiger charge is 2.41. The van der Waals surface area contributed by atoms with Gasteiger partial charge >= 0.3 is 5.97 Å². The highest BCUT2D eigenvalue weighted by Crippen LogP contribution is 2.21. The van der Waals surface area contributed by atoms with Crippen LogP contribution < -0.4 is 4.74 Å². The number of aliphatic carboxylic acids is 1. The van der Waals surface area contributed by atoms with E-state index in [1.165, 1.54) is 13.2 Å². The summed E-state index contributed by atoms with van der Waals surface area (Å²) in [7, 11) is -2.44. The number of ether oxygens (including phenoxy) is 1. The van der Waals surface area contributed by atoms with Crippen LogP contribution in [0.1, 0.15) is 19.5 Å². The number of carboxylic acid groups (broad SMARTS) is 1. The zero-order valence-electron chi connectivity index (χ0n) is 10.4. The van der Waals surface area contributed by atoms with Crippen LogP contribution in [0.25, 0.3) is 0 Å². The summed E-state index contributed by atoms with van der Waals surface area (Å²) in [5.41, 5.74) is 0.253. The number of carbonyl (C=O) groups is 1. The number of pyridine rings is 1. The van der Waals surface area contributed by atoms with Crippen molar-refractivity contribution in [2.75, 3.05) is 7.11 Å². The zero-order valence-corrected chi connectivity index (χ0v) is 11.2. The average molecular weight is 273 g/mol. The summed E-state index contributed by atoms with van der Waals surface area (Å²) < 4.78 is 27.0. The van der Waals surface area contributed by atoms with Crippen LogP contribution in [0.5, 0.6) is 5.88 Å². The van der Waals surface area contributed by atoms with Crippen LogP contribution in [0.2, 0.25) is 0 Å². The fraction of sp³-hybridized carbons (Fsp3) is 0.455. The van der Waals surface area contributed by atoms with Gasteiger partial charge in [-0.3, -0.25) is 4.79 Å². The van der Waals surface area contributed by atoms with Crippen LogP contribution in [0.4, 0.5) is 0 Å². The van der Waals surface area contributed by atoms with Crippen LogP contribution in [0, 0.1) is 0 Å². The lowest BCUT2D eigenvalue weighted by atomic mass is 10.2. The molecule has 1 N–H and O–H groups in total. The van der Waals surface area contributed by atoms with E-state index in [2.05, 4.69) is 4.98 Å². The van der Waals surface area contributed by atoms with E-state index in [4.69, 9.17) is 9.84 Å². The predicted octanol–water partition coefficient (Wildman–Crippen LogP) is 0.868. The Morgan fingerprint density at radius 2 is 2.06 bits per heavy atom. The molecule has 0 aliphatic carbocycles. The second-order valence-corrected chi connectivity index (χ2v) is 6.78. The van der Waals surface area contributed by atoms with E-state index in [0.29, 0.717) is 0 Å². The van der Waals surface area contributed by atoms with Gasteiger partial charge in [0.2, 0.25) is 5.88 Å². The van der Waals surface area contributed by atoms with E-state index in [0.717, 1.165) is 13.8 Å². The molecule has 0 radical (unpaired) electrons.